The minimum atomic E-state index is 0.458. The second kappa shape index (κ2) is 3.35. The largest absolute Gasteiger partial charge is 0.327 e. The van der Waals surface area contributed by atoms with Crippen LogP contribution >= 0.6 is 0 Å². The molecule has 70 valence electrons. The Labute approximate surface area is 74.7 Å². The van der Waals surface area contributed by atoms with Crippen molar-refractivity contribution in [3.8, 4) is 0 Å². The van der Waals surface area contributed by atoms with Crippen molar-refractivity contribution >= 4 is 0 Å². The maximum absolute atomic E-state index is 6.07. The Morgan fingerprint density at radius 3 is 1.33 bits per heavy atom. The molecule has 0 radical (unpaired) electrons. The summed E-state index contributed by atoms with van der Waals surface area (Å²) in [6, 6.07) is 0.915. The molecule has 2 aliphatic rings. The third kappa shape index (κ3) is 1.38. The van der Waals surface area contributed by atoms with Crippen LogP contribution in [0.5, 0.6) is 0 Å². The van der Waals surface area contributed by atoms with Gasteiger partial charge in [-0.1, -0.05) is 12.8 Å². The van der Waals surface area contributed by atoms with Gasteiger partial charge in [-0.15, -0.1) is 0 Å². The minimum absolute atomic E-state index is 0.458. The SMILES string of the molecule is NC1CCCC1C1CCCC1N. The van der Waals surface area contributed by atoms with Gasteiger partial charge in [0, 0.05) is 12.1 Å². The van der Waals surface area contributed by atoms with E-state index >= 15 is 0 Å². The van der Waals surface area contributed by atoms with Crippen LogP contribution in [-0.4, -0.2) is 12.1 Å². The van der Waals surface area contributed by atoms with Crippen molar-refractivity contribution in [2.24, 2.45) is 23.3 Å². The van der Waals surface area contributed by atoms with Gasteiger partial charge in [0.2, 0.25) is 0 Å². The standard InChI is InChI=1S/C10H20N2/c11-9-5-1-3-7(9)8-4-2-6-10(8)12/h7-10H,1-6,11-12H2. The summed E-state index contributed by atoms with van der Waals surface area (Å²) in [7, 11) is 0. The Morgan fingerprint density at radius 2 is 1.08 bits per heavy atom. The highest BCUT2D eigenvalue weighted by Gasteiger charge is 2.36. The summed E-state index contributed by atoms with van der Waals surface area (Å²) in [6.45, 7) is 0. The highest BCUT2D eigenvalue weighted by molar-refractivity contribution is 4.92. The zero-order valence-electron chi connectivity index (χ0n) is 7.71. The van der Waals surface area contributed by atoms with E-state index in [4.69, 9.17) is 11.5 Å². The zero-order valence-corrected chi connectivity index (χ0v) is 7.71. The van der Waals surface area contributed by atoms with E-state index in [-0.39, 0.29) is 0 Å². The normalized spacial score (nSPS) is 48.5. The van der Waals surface area contributed by atoms with Gasteiger partial charge < -0.3 is 11.5 Å². The quantitative estimate of drug-likeness (QED) is 0.619. The van der Waals surface area contributed by atoms with Gasteiger partial charge in [-0.2, -0.15) is 0 Å². The van der Waals surface area contributed by atoms with Crippen LogP contribution in [0.15, 0.2) is 0 Å². The molecule has 0 heterocycles. The Hall–Kier alpha value is -0.0800. The maximum Gasteiger partial charge on any atom is 0.00703 e. The van der Waals surface area contributed by atoms with Gasteiger partial charge >= 0.3 is 0 Å². The van der Waals surface area contributed by atoms with Gasteiger partial charge in [-0.25, -0.2) is 0 Å². The molecule has 0 amide bonds. The fourth-order valence-corrected chi connectivity index (χ4v) is 3.10. The molecule has 0 spiro atoms. The molecule has 4 unspecified atom stereocenters. The average Bonchev–Trinajstić information content (AvgIpc) is 2.59. The van der Waals surface area contributed by atoms with Crippen LogP contribution in [-0.2, 0) is 0 Å². The molecular weight excluding hydrogens is 148 g/mol. The van der Waals surface area contributed by atoms with Crippen molar-refractivity contribution in [3.63, 3.8) is 0 Å². The molecule has 0 aromatic rings. The van der Waals surface area contributed by atoms with E-state index in [1.54, 1.807) is 0 Å². The molecule has 2 aliphatic carbocycles. The molecule has 0 aromatic heterocycles. The first-order valence-corrected chi connectivity index (χ1v) is 5.30. The fourth-order valence-electron chi connectivity index (χ4n) is 3.10. The minimum Gasteiger partial charge on any atom is -0.327 e. The van der Waals surface area contributed by atoms with E-state index in [1.807, 2.05) is 0 Å². The smallest absolute Gasteiger partial charge is 0.00703 e. The van der Waals surface area contributed by atoms with Crippen molar-refractivity contribution in [2.45, 2.75) is 50.6 Å². The van der Waals surface area contributed by atoms with Crippen LogP contribution in [0.4, 0.5) is 0 Å². The van der Waals surface area contributed by atoms with Gasteiger partial charge in [-0.3, -0.25) is 0 Å². The van der Waals surface area contributed by atoms with Crippen LogP contribution in [0.25, 0.3) is 0 Å². The van der Waals surface area contributed by atoms with Crippen LogP contribution in [0.3, 0.4) is 0 Å². The lowest BCUT2D eigenvalue weighted by Crippen LogP contribution is -2.37. The summed E-state index contributed by atoms with van der Waals surface area (Å²) < 4.78 is 0. The summed E-state index contributed by atoms with van der Waals surface area (Å²) >= 11 is 0. The number of nitrogens with two attached hydrogens (primary N) is 2. The van der Waals surface area contributed by atoms with E-state index < -0.39 is 0 Å². The summed E-state index contributed by atoms with van der Waals surface area (Å²) in [5.74, 6) is 1.50. The molecule has 0 aliphatic heterocycles. The van der Waals surface area contributed by atoms with Gasteiger partial charge in [0.15, 0.2) is 0 Å². The first-order valence-electron chi connectivity index (χ1n) is 5.30. The fraction of sp³-hybridized carbons (Fsp3) is 1.00. The van der Waals surface area contributed by atoms with Crippen LogP contribution in [0.2, 0.25) is 0 Å². The predicted octanol–water partition coefficient (Wildman–Crippen LogP) is 1.24. The average molecular weight is 168 g/mol. The molecule has 2 saturated carbocycles. The van der Waals surface area contributed by atoms with Crippen LogP contribution < -0.4 is 11.5 Å². The molecule has 0 saturated heterocycles. The third-order valence-electron chi connectivity index (χ3n) is 3.80. The lowest BCUT2D eigenvalue weighted by atomic mass is 9.85. The molecule has 4 N–H and O–H groups in total. The summed E-state index contributed by atoms with van der Waals surface area (Å²) in [5.41, 5.74) is 12.1. The van der Waals surface area contributed by atoms with Crippen molar-refractivity contribution in [3.05, 3.63) is 0 Å². The number of hydrogen-bond donors (Lipinski definition) is 2. The Bertz CT molecular complexity index is 140. The van der Waals surface area contributed by atoms with Crippen molar-refractivity contribution < 1.29 is 0 Å². The van der Waals surface area contributed by atoms with Crippen molar-refractivity contribution in [1.29, 1.82) is 0 Å². The predicted molar refractivity (Wildman–Crippen MR) is 50.6 cm³/mol. The topological polar surface area (TPSA) is 52.0 Å². The number of hydrogen-bond acceptors (Lipinski definition) is 2. The van der Waals surface area contributed by atoms with E-state index in [9.17, 15) is 0 Å². The molecular formula is C10H20N2. The maximum atomic E-state index is 6.07. The van der Waals surface area contributed by atoms with Crippen molar-refractivity contribution in [1.82, 2.24) is 0 Å². The zero-order chi connectivity index (χ0) is 8.55. The molecule has 0 aromatic carbocycles. The van der Waals surface area contributed by atoms with E-state index in [2.05, 4.69) is 0 Å². The summed E-state index contributed by atoms with van der Waals surface area (Å²) in [4.78, 5) is 0. The summed E-state index contributed by atoms with van der Waals surface area (Å²) in [5, 5.41) is 0. The lowest BCUT2D eigenvalue weighted by Gasteiger charge is -2.26. The monoisotopic (exact) mass is 168 g/mol. The van der Waals surface area contributed by atoms with Gasteiger partial charge in [0.25, 0.3) is 0 Å². The molecule has 4 atom stereocenters. The molecule has 2 nitrogen and oxygen atoms in total. The number of rotatable bonds is 1. The Kier molecular flexibility index (Phi) is 2.37. The molecule has 2 fully saturated rings. The Morgan fingerprint density at radius 1 is 0.667 bits per heavy atom. The van der Waals surface area contributed by atoms with Gasteiger partial charge in [0.1, 0.15) is 0 Å². The van der Waals surface area contributed by atoms with E-state index in [0.29, 0.717) is 12.1 Å². The second-order valence-corrected chi connectivity index (χ2v) is 4.52. The highest BCUT2D eigenvalue weighted by Crippen LogP contribution is 2.39. The van der Waals surface area contributed by atoms with Crippen LogP contribution in [0.1, 0.15) is 38.5 Å². The lowest BCUT2D eigenvalue weighted by molar-refractivity contribution is 0.290. The molecule has 2 heteroatoms. The van der Waals surface area contributed by atoms with E-state index in [1.165, 1.54) is 38.5 Å². The van der Waals surface area contributed by atoms with Crippen molar-refractivity contribution in [2.75, 3.05) is 0 Å². The molecule has 2 rings (SSSR count). The molecule has 0 bridgehead atoms. The second-order valence-electron chi connectivity index (χ2n) is 4.52. The summed E-state index contributed by atoms with van der Waals surface area (Å²) in [6.07, 6.45) is 7.78. The molecule has 12 heavy (non-hydrogen) atoms. The van der Waals surface area contributed by atoms with E-state index in [0.717, 1.165) is 11.8 Å². The van der Waals surface area contributed by atoms with Crippen LogP contribution in [0, 0.1) is 11.8 Å². The first-order chi connectivity index (χ1) is 5.79. The third-order valence-corrected chi connectivity index (χ3v) is 3.80. The Balaban J connectivity index is 1.98. The first kappa shape index (κ1) is 8.52. The van der Waals surface area contributed by atoms with Gasteiger partial charge in [0.05, 0.1) is 0 Å². The van der Waals surface area contributed by atoms with Gasteiger partial charge in [-0.05, 0) is 37.5 Å². The highest BCUT2D eigenvalue weighted by atomic mass is 14.7.